The molecule has 12 fully saturated rings. The third kappa shape index (κ3) is 11.9. The number of fused-ring (bicyclic) bond motifs is 6. The summed E-state index contributed by atoms with van der Waals surface area (Å²) in [7, 11) is 0. The number of epoxide rings is 6. The first-order valence-corrected chi connectivity index (χ1v) is 25.9. The molecule has 0 radical (unpaired) electrons. The topological polar surface area (TPSA) is 207 Å². The van der Waals surface area contributed by atoms with Crippen molar-refractivity contribution >= 4 is 29.8 Å². The molecule has 0 aromatic heterocycles. The molecule has 366 valence electrons. The molecule has 6 saturated carbocycles. The molecule has 6 aliphatic heterocycles. The highest BCUT2D eigenvalue weighted by molar-refractivity contribution is 5.88. The molecule has 66 heavy (non-hydrogen) atoms. The van der Waals surface area contributed by atoms with E-state index in [4.69, 9.17) is 52.1 Å². The molecule has 16 nitrogen and oxygen atoms in total. The van der Waals surface area contributed by atoms with Gasteiger partial charge in [0.1, 0.15) is 0 Å². The molecule has 0 amide bonds. The van der Waals surface area contributed by atoms with Crippen molar-refractivity contribution in [2.24, 2.45) is 47.3 Å². The molecule has 12 aliphatic rings. The van der Waals surface area contributed by atoms with E-state index in [0.717, 1.165) is 116 Å². The minimum Gasteiger partial charge on any atom is -0.465 e. The van der Waals surface area contributed by atoms with Gasteiger partial charge in [-0.25, -0.2) is 0 Å². The number of hydrogen-bond donors (Lipinski definition) is 0. The Morgan fingerprint density at radius 1 is 0.333 bits per heavy atom. The van der Waals surface area contributed by atoms with E-state index in [2.05, 4.69) is 0 Å². The van der Waals surface area contributed by atoms with Crippen molar-refractivity contribution < 1.29 is 76.1 Å². The average molecular weight is 927 g/mol. The first-order chi connectivity index (χ1) is 32.1. The Balaban J connectivity index is 0.000000221. The molecular formula is C50H70O16. The van der Waals surface area contributed by atoms with E-state index in [-0.39, 0.29) is 99.2 Å². The maximum Gasteiger partial charge on any atom is 0.310 e. The van der Waals surface area contributed by atoms with Gasteiger partial charge in [-0.3, -0.25) is 24.0 Å². The number of esters is 5. The van der Waals surface area contributed by atoms with Crippen molar-refractivity contribution in [1.82, 2.24) is 0 Å². The summed E-state index contributed by atoms with van der Waals surface area (Å²) in [5, 5.41) is 0. The molecule has 0 aromatic carbocycles. The summed E-state index contributed by atoms with van der Waals surface area (Å²) in [5.41, 5.74) is 0. The fourth-order valence-corrected chi connectivity index (χ4v) is 12.4. The van der Waals surface area contributed by atoms with Crippen molar-refractivity contribution in [3.63, 3.8) is 0 Å². The lowest BCUT2D eigenvalue weighted by Crippen LogP contribution is -2.38. The molecule has 20 atom stereocenters. The van der Waals surface area contributed by atoms with Crippen molar-refractivity contribution in [3.8, 4) is 0 Å². The molecule has 6 saturated heterocycles. The quantitative estimate of drug-likeness (QED) is 0.0995. The number of hydrogen-bond acceptors (Lipinski definition) is 16. The number of ether oxygens (including phenoxy) is 11. The molecule has 6 aliphatic carbocycles. The van der Waals surface area contributed by atoms with E-state index in [1.807, 2.05) is 0 Å². The Labute approximate surface area is 387 Å². The van der Waals surface area contributed by atoms with E-state index >= 15 is 0 Å². The first kappa shape index (κ1) is 45.5. The third-order valence-electron chi connectivity index (χ3n) is 17.1. The Bertz CT molecular complexity index is 1700. The van der Waals surface area contributed by atoms with Gasteiger partial charge in [0.25, 0.3) is 0 Å². The maximum atomic E-state index is 13.8. The van der Waals surface area contributed by atoms with Crippen LogP contribution in [0.25, 0.3) is 0 Å². The van der Waals surface area contributed by atoms with Gasteiger partial charge in [0.2, 0.25) is 0 Å². The van der Waals surface area contributed by atoms with Crippen molar-refractivity contribution in [1.29, 1.82) is 0 Å². The molecular weight excluding hydrogens is 857 g/mol. The summed E-state index contributed by atoms with van der Waals surface area (Å²) in [6.45, 7) is 1.40. The van der Waals surface area contributed by atoms with Crippen LogP contribution in [-0.2, 0) is 76.1 Å². The fourth-order valence-electron chi connectivity index (χ4n) is 12.4. The second-order valence-corrected chi connectivity index (χ2v) is 22.1. The summed E-state index contributed by atoms with van der Waals surface area (Å²) in [6, 6.07) is 0. The van der Waals surface area contributed by atoms with Crippen LogP contribution in [0.3, 0.4) is 0 Å². The van der Waals surface area contributed by atoms with Crippen molar-refractivity contribution in [3.05, 3.63) is 0 Å². The second-order valence-electron chi connectivity index (χ2n) is 22.1. The predicted molar refractivity (Wildman–Crippen MR) is 227 cm³/mol. The van der Waals surface area contributed by atoms with E-state index in [9.17, 15) is 24.0 Å². The van der Waals surface area contributed by atoms with Crippen LogP contribution in [0.5, 0.6) is 0 Å². The summed E-state index contributed by atoms with van der Waals surface area (Å²) in [4.78, 5) is 66.2. The highest BCUT2D eigenvalue weighted by Crippen LogP contribution is 2.44. The summed E-state index contributed by atoms with van der Waals surface area (Å²) < 4.78 is 61.9. The van der Waals surface area contributed by atoms with Crippen molar-refractivity contribution in [2.45, 2.75) is 202 Å². The van der Waals surface area contributed by atoms with Gasteiger partial charge in [0, 0.05) is 0 Å². The largest absolute Gasteiger partial charge is 0.465 e. The van der Waals surface area contributed by atoms with Crippen LogP contribution in [0.2, 0.25) is 0 Å². The SMILES string of the molecule is O=C(CC(C(=O)OCC1CCC2OC2C1)C(CC(=O)OCC1CCC2OC2C1)C(=O)OCC1CCC2OC2C1)OCC1CCC2OC2C1.O=C(OCC1CCC2OC2C1)C1CCC2OC2C1. The Morgan fingerprint density at radius 2 is 0.621 bits per heavy atom. The highest BCUT2D eigenvalue weighted by atomic mass is 16.6. The number of rotatable bonds is 18. The summed E-state index contributed by atoms with van der Waals surface area (Å²) in [5.74, 6) is -3.78. The van der Waals surface area contributed by atoms with Gasteiger partial charge in [-0.1, -0.05) is 0 Å². The normalized spacial score (nSPS) is 43.2. The van der Waals surface area contributed by atoms with Crippen LogP contribution < -0.4 is 0 Å². The minimum atomic E-state index is -1.24. The zero-order valence-corrected chi connectivity index (χ0v) is 38.3. The molecule has 6 heterocycles. The van der Waals surface area contributed by atoms with Crippen LogP contribution in [0.1, 0.15) is 128 Å². The Morgan fingerprint density at radius 3 is 0.939 bits per heavy atom. The molecule has 0 aromatic rings. The summed E-state index contributed by atoms with van der Waals surface area (Å²) >= 11 is 0. The Hall–Kier alpha value is -2.89. The zero-order chi connectivity index (χ0) is 44.9. The molecule has 12 rings (SSSR count). The van der Waals surface area contributed by atoms with Crippen LogP contribution in [0.4, 0.5) is 0 Å². The van der Waals surface area contributed by atoms with E-state index in [0.29, 0.717) is 61.4 Å². The molecule has 20 unspecified atom stereocenters. The first-order valence-electron chi connectivity index (χ1n) is 25.9. The third-order valence-corrected chi connectivity index (χ3v) is 17.1. The predicted octanol–water partition coefficient (Wildman–Crippen LogP) is 5.11. The van der Waals surface area contributed by atoms with Gasteiger partial charge in [-0.2, -0.15) is 0 Å². The van der Waals surface area contributed by atoms with Gasteiger partial charge >= 0.3 is 29.8 Å². The van der Waals surface area contributed by atoms with Gasteiger partial charge < -0.3 is 52.1 Å². The smallest absolute Gasteiger partial charge is 0.310 e. The standard InChI is InChI=1S/C36H50O12.C14H20O4/c37-33(41-15-19-1-5-25-29(9-19)45-25)13-23(35(39)43-17-21-3-7-27-31(11-21)47-27)24(36(40)44-18-22-4-8-28-32(12-22)48-28)14-34(38)42-16-20-2-6-26-30(10-20)46-26;15-14(9-2-4-11-13(6-9)18-11)16-7-8-1-3-10-12(5-8)17-10/h19-32H,1-18H2;8-13H,1-7H2. The van der Waals surface area contributed by atoms with Crippen LogP contribution in [0.15, 0.2) is 0 Å². The van der Waals surface area contributed by atoms with Crippen LogP contribution in [-0.4, -0.2) is 136 Å². The van der Waals surface area contributed by atoms with E-state index < -0.39 is 35.7 Å². The average Bonchev–Trinajstić information content (AvgIpc) is 4.10. The van der Waals surface area contributed by atoms with E-state index in [1.165, 1.54) is 0 Å². The zero-order valence-electron chi connectivity index (χ0n) is 38.3. The number of carbonyl (C=O) groups is 5. The highest BCUT2D eigenvalue weighted by Gasteiger charge is 2.50. The monoisotopic (exact) mass is 926 g/mol. The lowest BCUT2D eigenvalue weighted by molar-refractivity contribution is -0.169. The molecule has 0 spiro atoms. The fraction of sp³-hybridized carbons (Fsp3) is 0.900. The maximum absolute atomic E-state index is 13.8. The van der Waals surface area contributed by atoms with Crippen molar-refractivity contribution in [2.75, 3.05) is 33.0 Å². The van der Waals surface area contributed by atoms with Gasteiger partial charge in [0.05, 0.1) is 137 Å². The lowest BCUT2D eigenvalue weighted by Gasteiger charge is -2.27. The van der Waals surface area contributed by atoms with Gasteiger partial charge in [-0.05, 0) is 145 Å². The second kappa shape index (κ2) is 19.8. The van der Waals surface area contributed by atoms with Crippen LogP contribution >= 0.6 is 0 Å². The van der Waals surface area contributed by atoms with Crippen LogP contribution in [0, 0.1) is 47.3 Å². The molecule has 0 N–H and O–H groups in total. The molecule has 16 heteroatoms. The number of carbonyl (C=O) groups excluding carboxylic acids is 5. The van der Waals surface area contributed by atoms with Gasteiger partial charge in [-0.15, -0.1) is 0 Å². The molecule has 0 bridgehead atoms. The van der Waals surface area contributed by atoms with E-state index in [1.54, 1.807) is 0 Å². The Kier molecular flexibility index (Phi) is 13.7. The minimum absolute atomic E-state index is 0.00258. The van der Waals surface area contributed by atoms with Gasteiger partial charge in [0.15, 0.2) is 0 Å². The summed E-state index contributed by atoms with van der Waals surface area (Å²) in [6.07, 6.45) is 20.2. The lowest BCUT2D eigenvalue weighted by atomic mass is 9.86.